The van der Waals surface area contributed by atoms with Crippen LogP contribution in [0.2, 0.25) is 0 Å². The summed E-state index contributed by atoms with van der Waals surface area (Å²) in [5.74, 6) is 0. The van der Waals surface area contributed by atoms with Gasteiger partial charge in [0.1, 0.15) is 0 Å². The lowest BCUT2D eigenvalue weighted by molar-refractivity contribution is 0.891. The highest BCUT2D eigenvalue weighted by Gasteiger charge is 2.10. The van der Waals surface area contributed by atoms with Crippen molar-refractivity contribution in [1.82, 2.24) is 4.98 Å². The highest BCUT2D eigenvalue weighted by Crippen LogP contribution is 2.25. The molecular weight excluding hydrogens is 228 g/mol. The van der Waals surface area contributed by atoms with Crippen LogP contribution in [-0.2, 0) is 0 Å². The summed E-state index contributed by atoms with van der Waals surface area (Å²) in [6.45, 7) is 0. The Morgan fingerprint density at radius 3 is 2.65 bits per heavy atom. The van der Waals surface area contributed by atoms with Gasteiger partial charge < -0.3 is 5.73 Å². The molecule has 17 heavy (non-hydrogen) atoms. The van der Waals surface area contributed by atoms with E-state index in [1.54, 1.807) is 11.3 Å². The summed E-state index contributed by atoms with van der Waals surface area (Å²) >= 11 is 1.60. The van der Waals surface area contributed by atoms with Gasteiger partial charge in [-0.1, -0.05) is 36.4 Å². The molecule has 0 aliphatic rings. The first-order chi connectivity index (χ1) is 8.34. The predicted molar refractivity (Wildman–Crippen MR) is 72.1 cm³/mol. The van der Waals surface area contributed by atoms with Crippen molar-refractivity contribution >= 4 is 22.1 Å². The number of benzene rings is 2. The molecule has 84 valence electrons. The first-order valence-corrected chi connectivity index (χ1v) is 6.35. The van der Waals surface area contributed by atoms with Crippen LogP contribution < -0.4 is 5.73 Å². The van der Waals surface area contributed by atoms with Gasteiger partial charge in [-0.2, -0.15) is 0 Å². The molecule has 3 aromatic rings. The maximum Gasteiger partial charge on any atom is 0.0794 e. The second kappa shape index (κ2) is 4.28. The monoisotopic (exact) mass is 240 g/mol. The zero-order valence-electron chi connectivity index (χ0n) is 9.21. The summed E-state index contributed by atoms with van der Waals surface area (Å²) in [5.41, 5.74) is 9.17. The normalized spacial score (nSPS) is 12.8. The SMILES string of the molecule is NC(c1ccc2ccccc2c1)c1cncs1. The summed E-state index contributed by atoms with van der Waals surface area (Å²) < 4.78 is 0. The van der Waals surface area contributed by atoms with Gasteiger partial charge in [-0.05, 0) is 22.4 Å². The van der Waals surface area contributed by atoms with Gasteiger partial charge in [0.15, 0.2) is 0 Å². The minimum Gasteiger partial charge on any atom is -0.320 e. The van der Waals surface area contributed by atoms with Gasteiger partial charge in [-0.3, -0.25) is 4.98 Å². The van der Waals surface area contributed by atoms with E-state index in [0.29, 0.717) is 0 Å². The Morgan fingerprint density at radius 1 is 1.06 bits per heavy atom. The van der Waals surface area contributed by atoms with Gasteiger partial charge in [-0.25, -0.2) is 0 Å². The first-order valence-electron chi connectivity index (χ1n) is 5.47. The van der Waals surface area contributed by atoms with Gasteiger partial charge in [0.25, 0.3) is 0 Å². The van der Waals surface area contributed by atoms with Crippen molar-refractivity contribution in [2.45, 2.75) is 6.04 Å². The third-order valence-corrected chi connectivity index (χ3v) is 3.75. The molecule has 0 fully saturated rings. The Bertz CT molecular complexity index is 632. The molecule has 0 spiro atoms. The first kappa shape index (κ1) is 10.4. The summed E-state index contributed by atoms with van der Waals surface area (Å²) in [6.07, 6.45) is 1.84. The van der Waals surface area contributed by atoms with E-state index in [1.807, 2.05) is 23.8 Å². The van der Waals surface area contributed by atoms with E-state index < -0.39 is 0 Å². The molecule has 1 aromatic heterocycles. The molecule has 0 saturated heterocycles. The molecule has 0 aliphatic carbocycles. The standard InChI is InChI=1S/C14H12N2S/c15-14(13-8-16-9-17-13)12-6-5-10-3-1-2-4-11(10)7-12/h1-9,14H,15H2. The number of aromatic nitrogens is 1. The molecule has 2 N–H and O–H groups in total. The third kappa shape index (κ3) is 1.95. The average Bonchev–Trinajstić information content (AvgIpc) is 2.91. The Kier molecular flexibility index (Phi) is 2.63. The van der Waals surface area contributed by atoms with Gasteiger partial charge in [0.2, 0.25) is 0 Å². The molecule has 1 atom stereocenters. The van der Waals surface area contributed by atoms with E-state index in [9.17, 15) is 0 Å². The van der Waals surface area contributed by atoms with E-state index in [4.69, 9.17) is 5.73 Å². The average molecular weight is 240 g/mol. The summed E-state index contributed by atoms with van der Waals surface area (Å²) in [7, 11) is 0. The Balaban J connectivity index is 2.06. The van der Waals surface area contributed by atoms with Gasteiger partial charge >= 0.3 is 0 Å². The van der Waals surface area contributed by atoms with Crippen LogP contribution in [-0.4, -0.2) is 4.98 Å². The molecule has 3 rings (SSSR count). The van der Waals surface area contributed by atoms with Crippen molar-refractivity contribution in [2.24, 2.45) is 5.73 Å². The third-order valence-electron chi connectivity index (χ3n) is 2.89. The quantitative estimate of drug-likeness (QED) is 0.746. The highest BCUT2D eigenvalue weighted by atomic mass is 32.1. The van der Waals surface area contributed by atoms with Crippen molar-refractivity contribution in [3.8, 4) is 0 Å². The van der Waals surface area contributed by atoms with E-state index in [2.05, 4.69) is 35.3 Å². The smallest absolute Gasteiger partial charge is 0.0794 e. The number of hydrogen-bond acceptors (Lipinski definition) is 3. The van der Waals surface area contributed by atoms with Crippen LogP contribution in [0.25, 0.3) is 10.8 Å². The summed E-state index contributed by atoms with van der Waals surface area (Å²) in [5, 5.41) is 2.47. The topological polar surface area (TPSA) is 38.9 Å². The molecule has 0 amide bonds. The molecule has 1 heterocycles. The Morgan fingerprint density at radius 2 is 1.88 bits per heavy atom. The fraction of sp³-hybridized carbons (Fsp3) is 0.0714. The number of nitrogens with two attached hydrogens (primary N) is 1. The molecule has 0 saturated carbocycles. The van der Waals surface area contributed by atoms with E-state index in [0.717, 1.165) is 10.4 Å². The Labute approximate surface area is 104 Å². The highest BCUT2D eigenvalue weighted by molar-refractivity contribution is 7.09. The molecule has 1 unspecified atom stereocenters. The van der Waals surface area contributed by atoms with Crippen molar-refractivity contribution < 1.29 is 0 Å². The van der Waals surface area contributed by atoms with Crippen LogP contribution >= 0.6 is 11.3 Å². The molecule has 2 nitrogen and oxygen atoms in total. The van der Waals surface area contributed by atoms with E-state index >= 15 is 0 Å². The maximum atomic E-state index is 6.22. The minimum atomic E-state index is -0.0768. The van der Waals surface area contributed by atoms with Gasteiger partial charge in [0, 0.05) is 11.1 Å². The molecule has 0 radical (unpaired) electrons. The number of rotatable bonds is 2. The van der Waals surface area contributed by atoms with Crippen molar-refractivity contribution in [3.63, 3.8) is 0 Å². The van der Waals surface area contributed by atoms with E-state index in [1.165, 1.54) is 10.8 Å². The number of thiazole rings is 1. The van der Waals surface area contributed by atoms with Crippen LogP contribution in [0.3, 0.4) is 0 Å². The molecule has 3 heteroatoms. The fourth-order valence-corrected chi connectivity index (χ4v) is 2.59. The summed E-state index contributed by atoms with van der Waals surface area (Å²) in [6, 6.07) is 14.6. The van der Waals surface area contributed by atoms with Crippen LogP contribution in [0.5, 0.6) is 0 Å². The molecule has 0 bridgehead atoms. The zero-order valence-corrected chi connectivity index (χ0v) is 10.0. The van der Waals surface area contributed by atoms with Crippen molar-refractivity contribution in [1.29, 1.82) is 0 Å². The molecular formula is C14H12N2S. The van der Waals surface area contributed by atoms with Crippen LogP contribution in [0, 0.1) is 0 Å². The van der Waals surface area contributed by atoms with Gasteiger partial charge in [0.05, 0.1) is 11.6 Å². The molecule has 2 aromatic carbocycles. The molecule has 0 aliphatic heterocycles. The predicted octanol–water partition coefficient (Wildman–Crippen LogP) is 3.34. The van der Waals surface area contributed by atoms with Crippen molar-refractivity contribution in [3.05, 3.63) is 64.6 Å². The van der Waals surface area contributed by atoms with Crippen molar-refractivity contribution in [2.75, 3.05) is 0 Å². The fourth-order valence-electron chi connectivity index (χ4n) is 1.94. The largest absolute Gasteiger partial charge is 0.320 e. The van der Waals surface area contributed by atoms with Gasteiger partial charge in [-0.15, -0.1) is 11.3 Å². The lowest BCUT2D eigenvalue weighted by atomic mass is 10.0. The number of hydrogen-bond donors (Lipinski definition) is 1. The van der Waals surface area contributed by atoms with E-state index in [-0.39, 0.29) is 6.04 Å². The minimum absolute atomic E-state index is 0.0768. The van der Waals surface area contributed by atoms with Crippen LogP contribution in [0.1, 0.15) is 16.5 Å². The number of nitrogens with zero attached hydrogens (tertiary/aromatic N) is 1. The van der Waals surface area contributed by atoms with Crippen LogP contribution in [0.4, 0.5) is 0 Å². The lowest BCUT2D eigenvalue weighted by Crippen LogP contribution is -2.09. The lowest BCUT2D eigenvalue weighted by Gasteiger charge is -2.10. The zero-order chi connectivity index (χ0) is 11.7. The number of fused-ring (bicyclic) bond motifs is 1. The second-order valence-corrected chi connectivity index (χ2v) is 4.91. The second-order valence-electron chi connectivity index (χ2n) is 3.99. The maximum absolute atomic E-state index is 6.22. The van der Waals surface area contributed by atoms with Crippen LogP contribution in [0.15, 0.2) is 54.2 Å². The Hall–Kier alpha value is -1.71. The summed E-state index contributed by atoms with van der Waals surface area (Å²) in [4.78, 5) is 5.17.